The van der Waals surface area contributed by atoms with Crippen LogP contribution in [0.25, 0.3) is 0 Å². The molecule has 1 aromatic carbocycles. The summed E-state index contributed by atoms with van der Waals surface area (Å²) in [6, 6.07) is 4.94. The van der Waals surface area contributed by atoms with Gasteiger partial charge in [0, 0.05) is 19.6 Å². The Labute approximate surface area is 114 Å². The normalized spacial score (nSPS) is 10.7. The Morgan fingerprint density at radius 2 is 1.95 bits per heavy atom. The predicted octanol–water partition coefficient (Wildman–Crippen LogP) is 1.16. The second kappa shape index (κ2) is 7.90. The van der Waals surface area contributed by atoms with E-state index in [2.05, 4.69) is 21.6 Å². The summed E-state index contributed by atoms with van der Waals surface area (Å²) in [7, 11) is 6.11. The molecule has 0 heterocycles. The first-order valence-electron chi connectivity index (χ1n) is 6.24. The van der Waals surface area contributed by atoms with Crippen molar-refractivity contribution < 1.29 is 9.50 Å². The first-order valence-corrected chi connectivity index (χ1v) is 6.24. The summed E-state index contributed by atoms with van der Waals surface area (Å²) in [6.07, 6.45) is 0. The number of hydrogen-bond acceptors (Lipinski definition) is 3. The van der Waals surface area contributed by atoms with Gasteiger partial charge in [0.05, 0.1) is 5.56 Å². The van der Waals surface area contributed by atoms with Crippen LogP contribution in [0.4, 0.5) is 4.39 Å². The van der Waals surface area contributed by atoms with Gasteiger partial charge >= 0.3 is 0 Å². The Hall–Kier alpha value is -1.41. The minimum Gasteiger partial charge on any atom is -0.384 e. The van der Waals surface area contributed by atoms with Crippen LogP contribution in [0.15, 0.2) is 18.2 Å². The maximum Gasteiger partial charge on any atom is 0.138 e. The number of nitrogens with zero attached hydrogens (tertiary/aromatic N) is 2. The average Bonchev–Trinajstić information content (AvgIpc) is 2.37. The molecule has 0 bridgehead atoms. The van der Waals surface area contributed by atoms with Gasteiger partial charge in [-0.15, -0.1) is 0 Å². The molecule has 1 aromatic rings. The highest BCUT2D eigenvalue weighted by molar-refractivity contribution is 5.38. The number of aliphatic hydroxyl groups excluding tert-OH is 1. The highest BCUT2D eigenvalue weighted by Gasteiger charge is 2.04. The third-order valence-electron chi connectivity index (χ3n) is 2.71. The van der Waals surface area contributed by atoms with Crippen molar-refractivity contribution in [2.75, 3.05) is 40.8 Å². The fraction of sp³-hybridized carbons (Fsp3) is 0.467. The molecule has 0 fully saturated rings. The van der Waals surface area contributed by atoms with Gasteiger partial charge in [0.1, 0.15) is 12.4 Å². The Bertz CT molecular complexity index is 463. The third kappa shape index (κ3) is 5.84. The zero-order chi connectivity index (χ0) is 14.3. The van der Waals surface area contributed by atoms with Gasteiger partial charge in [-0.25, -0.2) is 4.39 Å². The number of aliphatic hydroxyl groups is 1. The van der Waals surface area contributed by atoms with Crippen LogP contribution in [-0.2, 0) is 6.54 Å². The average molecular weight is 264 g/mol. The van der Waals surface area contributed by atoms with Crippen molar-refractivity contribution in [3.05, 3.63) is 35.1 Å². The summed E-state index contributed by atoms with van der Waals surface area (Å²) in [5, 5.41) is 8.65. The van der Waals surface area contributed by atoms with Crippen LogP contribution in [0.5, 0.6) is 0 Å². The highest BCUT2D eigenvalue weighted by Crippen LogP contribution is 2.11. The van der Waals surface area contributed by atoms with Crippen LogP contribution >= 0.6 is 0 Å². The molecule has 4 heteroatoms. The molecule has 3 nitrogen and oxygen atoms in total. The largest absolute Gasteiger partial charge is 0.384 e. The smallest absolute Gasteiger partial charge is 0.138 e. The number of halogens is 1. The van der Waals surface area contributed by atoms with Crippen molar-refractivity contribution in [3.8, 4) is 11.8 Å². The Kier molecular flexibility index (Phi) is 6.51. The van der Waals surface area contributed by atoms with E-state index in [1.165, 1.54) is 6.07 Å². The molecule has 0 aliphatic rings. The predicted molar refractivity (Wildman–Crippen MR) is 75.3 cm³/mol. The van der Waals surface area contributed by atoms with Crippen molar-refractivity contribution in [2.24, 2.45) is 0 Å². The Balaban J connectivity index is 2.68. The first-order chi connectivity index (χ1) is 9.02. The third-order valence-corrected chi connectivity index (χ3v) is 2.71. The van der Waals surface area contributed by atoms with Gasteiger partial charge in [-0.05, 0) is 38.8 Å². The van der Waals surface area contributed by atoms with Crippen molar-refractivity contribution in [2.45, 2.75) is 6.54 Å². The molecule has 0 radical (unpaired) electrons. The molecule has 1 rings (SSSR count). The van der Waals surface area contributed by atoms with Gasteiger partial charge in [0.25, 0.3) is 0 Å². The van der Waals surface area contributed by atoms with Crippen LogP contribution in [-0.4, -0.2) is 55.7 Å². The molecule has 0 aliphatic heterocycles. The number of likely N-dealkylation sites (N-methyl/N-ethyl adjacent to an activating group) is 2. The van der Waals surface area contributed by atoms with Crippen LogP contribution in [0.2, 0.25) is 0 Å². The van der Waals surface area contributed by atoms with E-state index in [1.807, 2.05) is 21.1 Å². The van der Waals surface area contributed by atoms with Gasteiger partial charge in [-0.2, -0.15) is 0 Å². The van der Waals surface area contributed by atoms with Crippen LogP contribution in [0.1, 0.15) is 11.1 Å². The highest BCUT2D eigenvalue weighted by atomic mass is 19.1. The SMILES string of the molecule is CN(C)CCN(C)Cc1ccc(F)c(C#CCO)c1. The van der Waals surface area contributed by atoms with E-state index in [9.17, 15) is 4.39 Å². The summed E-state index contributed by atoms with van der Waals surface area (Å²) < 4.78 is 13.5. The van der Waals surface area contributed by atoms with E-state index in [0.29, 0.717) is 5.56 Å². The summed E-state index contributed by atoms with van der Waals surface area (Å²) >= 11 is 0. The molecule has 0 amide bonds. The Morgan fingerprint density at radius 3 is 2.58 bits per heavy atom. The molecule has 0 aromatic heterocycles. The molecule has 0 aliphatic carbocycles. The lowest BCUT2D eigenvalue weighted by atomic mass is 10.1. The van der Waals surface area contributed by atoms with Crippen molar-refractivity contribution >= 4 is 0 Å². The lowest BCUT2D eigenvalue weighted by molar-refractivity contribution is 0.276. The minimum atomic E-state index is -0.347. The van der Waals surface area contributed by atoms with E-state index >= 15 is 0 Å². The lowest BCUT2D eigenvalue weighted by Gasteiger charge is -2.19. The van der Waals surface area contributed by atoms with E-state index in [4.69, 9.17) is 5.11 Å². The lowest BCUT2D eigenvalue weighted by Crippen LogP contribution is -2.28. The zero-order valence-corrected chi connectivity index (χ0v) is 11.8. The van der Waals surface area contributed by atoms with Crippen molar-refractivity contribution in [3.63, 3.8) is 0 Å². The van der Waals surface area contributed by atoms with Crippen LogP contribution < -0.4 is 0 Å². The molecule has 0 spiro atoms. The topological polar surface area (TPSA) is 26.7 Å². The standard InChI is InChI=1S/C15H21FN2O/c1-17(2)8-9-18(3)12-13-6-7-15(16)14(11-13)5-4-10-19/h6-7,11,19H,8-10,12H2,1-3H3. The minimum absolute atomic E-state index is 0.258. The van der Waals surface area contributed by atoms with Crippen molar-refractivity contribution in [1.82, 2.24) is 9.80 Å². The second-order valence-corrected chi connectivity index (χ2v) is 4.82. The molecule has 0 atom stereocenters. The van der Waals surface area contributed by atoms with Gasteiger partial charge in [0.2, 0.25) is 0 Å². The molecule has 0 saturated carbocycles. The summed E-state index contributed by atoms with van der Waals surface area (Å²) in [5.74, 6) is 4.75. The van der Waals surface area contributed by atoms with Crippen LogP contribution in [0.3, 0.4) is 0 Å². The zero-order valence-electron chi connectivity index (χ0n) is 11.8. The molecule has 19 heavy (non-hydrogen) atoms. The van der Waals surface area contributed by atoms with Gasteiger partial charge in [-0.3, -0.25) is 0 Å². The van der Waals surface area contributed by atoms with E-state index in [1.54, 1.807) is 12.1 Å². The summed E-state index contributed by atoms with van der Waals surface area (Å²) in [4.78, 5) is 4.30. The molecule has 104 valence electrons. The summed E-state index contributed by atoms with van der Waals surface area (Å²) in [6.45, 7) is 2.42. The number of hydrogen-bond donors (Lipinski definition) is 1. The summed E-state index contributed by atoms with van der Waals surface area (Å²) in [5.41, 5.74) is 1.36. The molecular weight excluding hydrogens is 243 g/mol. The number of rotatable bonds is 5. The van der Waals surface area contributed by atoms with Gasteiger partial charge < -0.3 is 14.9 Å². The van der Waals surface area contributed by atoms with E-state index < -0.39 is 0 Å². The first kappa shape index (κ1) is 15.6. The Morgan fingerprint density at radius 1 is 1.21 bits per heavy atom. The number of benzene rings is 1. The van der Waals surface area contributed by atoms with Gasteiger partial charge in [-0.1, -0.05) is 17.9 Å². The monoisotopic (exact) mass is 264 g/mol. The van der Waals surface area contributed by atoms with Gasteiger partial charge in [0.15, 0.2) is 0 Å². The van der Waals surface area contributed by atoms with Crippen molar-refractivity contribution in [1.29, 1.82) is 0 Å². The van der Waals surface area contributed by atoms with E-state index in [0.717, 1.165) is 25.2 Å². The molecule has 0 saturated heterocycles. The molecule has 1 N–H and O–H groups in total. The van der Waals surface area contributed by atoms with Crippen LogP contribution in [0, 0.1) is 17.7 Å². The maximum absolute atomic E-state index is 13.5. The maximum atomic E-state index is 13.5. The fourth-order valence-electron chi connectivity index (χ4n) is 1.66. The quantitative estimate of drug-likeness (QED) is 0.809. The molecule has 0 unspecified atom stereocenters. The van der Waals surface area contributed by atoms with E-state index in [-0.39, 0.29) is 12.4 Å². The molecular formula is C15H21FN2O. The fourth-order valence-corrected chi connectivity index (χ4v) is 1.66. The second-order valence-electron chi connectivity index (χ2n) is 4.82.